The quantitative estimate of drug-likeness (QED) is 0.348. The number of likely N-dealkylation sites (tertiary alicyclic amines) is 2. The number of pyridine rings is 1. The number of methoxy groups -OCH3 is 1. The molecule has 9 nitrogen and oxygen atoms in total. The van der Waals surface area contributed by atoms with Crippen molar-refractivity contribution in [3.63, 3.8) is 0 Å². The standard InChI is InChI=1S/C33H48N4O5S.ClH/c1-26-21-30(41-3)22-27(2)32(26)43(39,40)37-17-5-4-10-29(37)24-42-25-31(38)36-19-12-33(13-20-36,28-9-8-14-34-23-28)11-18-35-15-6-7-16-35;/h8-9,14,21-23,29H,4-7,10-13,15-20,24-25H2,1-3H3;1H/t29-;/m0./s1. The summed E-state index contributed by atoms with van der Waals surface area (Å²) in [5, 5.41) is 0. The number of hydrogen-bond donors (Lipinski definition) is 0. The smallest absolute Gasteiger partial charge is 0.248 e. The summed E-state index contributed by atoms with van der Waals surface area (Å²) < 4.78 is 40.6. The molecule has 44 heavy (non-hydrogen) atoms. The van der Waals surface area contributed by atoms with Crippen molar-refractivity contribution in [3.8, 4) is 5.75 Å². The number of benzene rings is 1. The highest BCUT2D eigenvalue weighted by Gasteiger charge is 2.39. The van der Waals surface area contributed by atoms with Crippen LogP contribution < -0.4 is 4.74 Å². The van der Waals surface area contributed by atoms with Gasteiger partial charge in [0.1, 0.15) is 12.4 Å². The Labute approximate surface area is 269 Å². The molecule has 1 aromatic heterocycles. The number of carbonyl (C=O) groups excluding carboxylic acids is 1. The van der Waals surface area contributed by atoms with Crippen LogP contribution in [0.5, 0.6) is 5.75 Å². The number of carbonyl (C=O) groups is 1. The first kappa shape index (κ1) is 34.6. The largest absolute Gasteiger partial charge is 0.497 e. The average Bonchev–Trinajstić information content (AvgIpc) is 3.54. The van der Waals surface area contributed by atoms with E-state index in [1.165, 1.54) is 31.5 Å². The van der Waals surface area contributed by atoms with Crippen LogP contribution in [-0.2, 0) is 25.0 Å². The first-order valence-electron chi connectivity index (χ1n) is 15.9. The van der Waals surface area contributed by atoms with E-state index in [0.717, 1.165) is 45.1 Å². The summed E-state index contributed by atoms with van der Waals surface area (Å²) in [4.78, 5) is 22.5. The summed E-state index contributed by atoms with van der Waals surface area (Å²) in [6.07, 6.45) is 11.8. The van der Waals surface area contributed by atoms with E-state index in [2.05, 4.69) is 16.0 Å². The molecule has 0 saturated carbocycles. The summed E-state index contributed by atoms with van der Waals surface area (Å²) in [6, 6.07) is 7.45. The van der Waals surface area contributed by atoms with Crippen LogP contribution in [-0.4, -0.2) is 99.0 Å². The Morgan fingerprint density at radius 1 is 1.02 bits per heavy atom. The molecule has 1 aromatic carbocycles. The second-order valence-corrected chi connectivity index (χ2v) is 14.4. The van der Waals surface area contributed by atoms with Crippen LogP contribution in [0.3, 0.4) is 0 Å². The number of piperidine rings is 2. The van der Waals surface area contributed by atoms with E-state index >= 15 is 0 Å². The molecule has 0 radical (unpaired) electrons. The number of nitrogens with zero attached hydrogens (tertiary/aromatic N) is 4. The fourth-order valence-corrected chi connectivity index (χ4v) is 9.40. The molecule has 11 heteroatoms. The van der Waals surface area contributed by atoms with Gasteiger partial charge >= 0.3 is 0 Å². The van der Waals surface area contributed by atoms with Crippen molar-refractivity contribution >= 4 is 28.3 Å². The summed E-state index contributed by atoms with van der Waals surface area (Å²) in [5.41, 5.74) is 2.65. The number of hydrogen-bond acceptors (Lipinski definition) is 7. The maximum atomic E-state index is 13.8. The number of sulfonamides is 1. The van der Waals surface area contributed by atoms with Gasteiger partial charge in [-0.1, -0.05) is 12.5 Å². The molecule has 0 N–H and O–H groups in total. The van der Waals surface area contributed by atoms with Crippen LogP contribution in [0.4, 0.5) is 0 Å². The van der Waals surface area contributed by atoms with Crippen LogP contribution in [0, 0.1) is 13.8 Å². The molecule has 0 bridgehead atoms. The zero-order valence-corrected chi connectivity index (χ0v) is 28.1. The van der Waals surface area contributed by atoms with Crippen LogP contribution in [0.2, 0.25) is 0 Å². The molecule has 3 fully saturated rings. The Bertz CT molecular complexity index is 1320. The normalized spacial score (nSPS) is 21.2. The van der Waals surface area contributed by atoms with Crippen molar-refractivity contribution < 1.29 is 22.7 Å². The van der Waals surface area contributed by atoms with Crippen LogP contribution in [0.15, 0.2) is 41.6 Å². The lowest BCUT2D eigenvalue weighted by Gasteiger charge is -2.43. The molecule has 0 spiro atoms. The molecule has 3 saturated heterocycles. The van der Waals surface area contributed by atoms with E-state index in [9.17, 15) is 13.2 Å². The van der Waals surface area contributed by atoms with Crippen LogP contribution >= 0.6 is 12.4 Å². The molecular weight excluding hydrogens is 600 g/mol. The minimum Gasteiger partial charge on any atom is -0.497 e. The Morgan fingerprint density at radius 2 is 1.70 bits per heavy atom. The maximum Gasteiger partial charge on any atom is 0.248 e. The lowest BCUT2D eigenvalue weighted by atomic mass is 9.71. The topological polar surface area (TPSA) is 92.3 Å². The molecular formula is C33H49ClN4O5S. The molecule has 3 aliphatic heterocycles. The van der Waals surface area contributed by atoms with Gasteiger partial charge in [0.15, 0.2) is 0 Å². The lowest BCUT2D eigenvalue weighted by Crippen LogP contribution is -2.48. The molecule has 3 aliphatic rings. The fraction of sp³-hybridized carbons (Fsp3) is 0.636. The van der Waals surface area contributed by atoms with Crippen molar-refractivity contribution in [2.75, 3.05) is 59.6 Å². The Morgan fingerprint density at radius 3 is 2.34 bits per heavy atom. The lowest BCUT2D eigenvalue weighted by molar-refractivity contribution is -0.138. The van der Waals surface area contributed by atoms with Crippen molar-refractivity contribution in [2.24, 2.45) is 0 Å². The summed E-state index contributed by atoms with van der Waals surface area (Å²) >= 11 is 0. The summed E-state index contributed by atoms with van der Waals surface area (Å²) in [5.74, 6) is 0.624. The Balaban J connectivity index is 0.00000442. The molecule has 0 aliphatic carbocycles. The van der Waals surface area contributed by atoms with Gasteiger partial charge in [0.05, 0.1) is 18.6 Å². The van der Waals surface area contributed by atoms with Crippen LogP contribution in [0.25, 0.3) is 0 Å². The van der Waals surface area contributed by atoms with Gasteiger partial charge in [0, 0.05) is 43.5 Å². The summed E-state index contributed by atoms with van der Waals surface area (Å²) in [7, 11) is -2.14. The number of halogens is 1. The van der Waals surface area contributed by atoms with Gasteiger partial charge in [-0.2, -0.15) is 4.31 Å². The second-order valence-electron chi connectivity index (χ2n) is 12.6. The molecule has 4 heterocycles. The highest BCUT2D eigenvalue weighted by Crippen LogP contribution is 2.39. The first-order valence-corrected chi connectivity index (χ1v) is 17.3. The number of rotatable bonds is 11. The van der Waals surface area contributed by atoms with Gasteiger partial charge in [-0.15, -0.1) is 12.4 Å². The highest BCUT2D eigenvalue weighted by molar-refractivity contribution is 7.89. The molecule has 2 aromatic rings. The number of aryl methyl sites for hydroxylation is 2. The third kappa shape index (κ3) is 7.76. The molecule has 1 atom stereocenters. The third-order valence-electron chi connectivity index (χ3n) is 9.80. The number of ether oxygens (including phenoxy) is 2. The van der Waals surface area contributed by atoms with E-state index in [1.54, 1.807) is 23.5 Å². The van der Waals surface area contributed by atoms with Crippen molar-refractivity contribution in [1.29, 1.82) is 0 Å². The zero-order valence-electron chi connectivity index (χ0n) is 26.5. The Hall–Kier alpha value is -2.24. The molecule has 1 amide bonds. The minimum absolute atomic E-state index is 0. The van der Waals surface area contributed by atoms with E-state index in [0.29, 0.717) is 41.4 Å². The van der Waals surface area contributed by atoms with Crippen LogP contribution in [0.1, 0.15) is 68.1 Å². The third-order valence-corrected chi connectivity index (χ3v) is 12.1. The average molecular weight is 649 g/mol. The first-order chi connectivity index (χ1) is 20.7. The van der Waals surface area contributed by atoms with E-state index in [4.69, 9.17) is 9.47 Å². The predicted molar refractivity (Wildman–Crippen MR) is 174 cm³/mol. The maximum absolute atomic E-state index is 13.8. The van der Waals surface area contributed by atoms with Crippen molar-refractivity contribution in [1.82, 2.24) is 19.1 Å². The second kappa shape index (κ2) is 15.4. The molecule has 244 valence electrons. The SMILES string of the molecule is COc1cc(C)c(S(=O)(=O)N2CCCC[C@H]2COCC(=O)N2CCC(CCN3CCCC3)(c3cccnc3)CC2)c(C)c1.Cl. The molecule has 0 unspecified atom stereocenters. The van der Waals surface area contributed by atoms with Gasteiger partial charge in [0.25, 0.3) is 0 Å². The van der Waals surface area contributed by atoms with Gasteiger partial charge in [-0.3, -0.25) is 9.78 Å². The predicted octanol–water partition coefficient (Wildman–Crippen LogP) is 4.73. The minimum atomic E-state index is -3.73. The van der Waals surface area contributed by atoms with Gasteiger partial charge in [0.2, 0.25) is 15.9 Å². The number of amides is 1. The van der Waals surface area contributed by atoms with E-state index < -0.39 is 10.0 Å². The highest BCUT2D eigenvalue weighted by atomic mass is 35.5. The van der Waals surface area contributed by atoms with Crippen molar-refractivity contribution in [3.05, 3.63) is 53.3 Å². The molecule has 5 rings (SSSR count). The summed E-state index contributed by atoms with van der Waals surface area (Å²) in [6.45, 7) is 9.09. The monoisotopic (exact) mass is 648 g/mol. The van der Waals surface area contributed by atoms with Gasteiger partial charge in [-0.25, -0.2) is 8.42 Å². The van der Waals surface area contributed by atoms with E-state index in [-0.39, 0.29) is 43.0 Å². The fourth-order valence-electron chi connectivity index (χ4n) is 7.31. The van der Waals surface area contributed by atoms with Crippen molar-refractivity contribution in [2.45, 2.75) is 81.6 Å². The Kier molecular flexibility index (Phi) is 12.1. The number of aromatic nitrogens is 1. The van der Waals surface area contributed by atoms with Gasteiger partial charge in [-0.05, 0) is 113 Å². The van der Waals surface area contributed by atoms with Gasteiger partial charge < -0.3 is 19.3 Å². The van der Waals surface area contributed by atoms with E-state index in [1.807, 2.05) is 37.2 Å². The zero-order chi connectivity index (χ0) is 30.5.